The van der Waals surface area contributed by atoms with E-state index >= 15 is 0 Å². The minimum Gasteiger partial charge on any atom is -0.399 e. The molecule has 0 spiro atoms. The van der Waals surface area contributed by atoms with Crippen molar-refractivity contribution >= 4 is 17.3 Å². The highest BCUT2D eigenvalue weighted by Crippen LogP contribution is 2.10. The molecule has 0 fully saturated rings. The zero-order valence-corrected chi connectivity index (χ0v) is 12.2. The van der Waals surface area contributed by atoms with Gasteiger partial charge in [0.15, 0.2) is 0 Å². The molecule has 0 bridgehead atoms. The smallest absolute Gasteiger partial charge is 0.328 e. The average Bonchev–Trinajstić information content (AvgIpc) is 2.80. The van der Waals surface area contributed by atoms with Crippen LogP contribution in [0.3, 0.4) is 0 Å². The number of aryl methyl sites for hydroxylation is 1. The Morgan fingerprint density at radius 2 is 1.90 bits per heavy atom. The molecule has 0 aliphatic rings. The first-order chi connectivity index (χ1) is 9.97. The van der Waals surface area contributed by atoms with E-state index in [1.54, 1.807) is 45.8 Å². The molecule has 0 aliphatic heterocycles. The first kappa shape index (κ1) is 14.9. The van der Waals surface area contributed by atoms with Gasteiger partial charge < -0.3 is 11.1 Å². The molecule has 0 atom stereocenters. The van der Waals surface area contributed by atoms with Gasteiger partial charge in [-0.3, -0.25) is 13.9 Å². The predicted molar refractivity (Wildman–Crippen MR) is 83.2 cm³/mol. The van der Waals surface area contributed by atoms with E-state index in [2.05, 4.69) is 5.32 Å². The number of benzene rings is 1. The van der Waals surface area contributed by atoms with Crippen LogP contribution in [0.25, 0.3) is 0 Å². The van der Waals surface area contributed by atoms with Gasteiger partial charge in [-0.1, -0.05) is 0 Å². The SMILES string of the molecule is CC(C)n1ccn(CCC(=O)Nc2ccc(N)cc2)c1=O. The molecule has 6 nitrogen and oxygen atoms in total. The molecule has 1 aromatic heterocycles. The number of hydrogen-bond acceptors (Lipinski definition) is 3. The third kappa shape index (κ3) is 3.75. The Morgan fingerprint density at radius 1 is 1.24 bits per heavy atom. The Balaban J connectivity index is 1.92. The van der Waals surface area contributed by atoms with Crippen LogP contribution in [-0.4, -0.2) is 15.0 Å². The number of nitrogens with two attached hydrogens (primary N) is 1. The summed E-state index contributed by atoms with van der Waals surface area (Å²) in [5, 5.41) is 2.77. The van der Waals surface area contributed by atoms with E-state index in [1.807, 2.05) is 13.8 Å². The van der Waals surface area contributed by atoms with Gasteiger partial charge in [-0.15, -0.1) is 0 Å². The fraction of sp³-hybridized carbons (Fsp3) is 0.333. The highest BCUT2D eigenvalue weighted by molar-refractivity contribution is 5.90. The van der Waals surface area contributed by atoms with E-state index in [0.717, 1.165) is 0 Å². The highest BCUT2D eigenvalue weighted by atomic mass is 16.2. The number of nitrogens with one attached hydrogen (secondary N) is 1. The largest absolute Gasteiger partial charge is 0.399 e. The van der Waals surface area contributed by atoms with Crippen LogP contribution in [0.4, 0.5) is 11.4 Å². The van der Waals surface area contributed by atoms with E-state index < -0.39 is 0 Å². The standard InChI is InChI=1S/C15H20N4O2/c1-11(2)19-10-9-18(15(19)21)8-7-14(20)17-13-5-3-12(16)4-6-13/h3-6,9-11H,7-8,16H2,1-2H3,(H,17,20). The molecule has 0 unspecified atom stereocenters. The van der Waals surface area contributed by atoms with E-state index in [9.17, 15) is 9.59 Å². The van der Waals surface area contributed by atoms with E-state index in [-0.39, 0.29) is 24.1 Å². The first-order valence-electron chi connectivity index (χ1n) is 6.90. The van der Waals surface area contributed by atoms with Crippen molar-refractivity contribution in [3.63, 3.8) is 0 Å². The topological polar surface area (TPSA) is 82.1 Å². The number of aromatic nitrogens is 2. The summed E-state index contributed by atoms with van der Waals surface area (Å²) in [4.78, 5) is 23.9. The van der Waals surface area contributed by atoms with Crippen molar-refractivity contribution in [1.29, 1.82) is 0 Å². The van der Waals surface area contributed by atoms with Gasteiger partial charge in [-0.05, 0) is 38.1 Å². The van der Waals surface area contributed by atoms with Crippen LogP contribution in [0.2, 0.25) is 0 Å². The number of hydrogen-bond donors (Lipinski definition) is 2. The van der Waals surface area contributed by atoms with E-state index in [0.29, 0.717) is 17.9 Å². The summed E-state index contributed by atoms with van der Waals surface area (Å²) in [6.45, 7) is 4.25. The summed E-state index contributed by atoms with van der Waals surface area (Å²) in [5.41, 5.74) is 6.83. The third-order valence-electron chi connectivity index (χ3n) is 3.20. The highest BCUT2D eigenvalue weighted by Gasteiger charge is 2.08. The Labute approximate surface area is 123 Å². The van der Waals surface area contributed by atoms with Gasteiger partial charge in [0.1, 0.15) is 0 Å². The van der Waals surface area contributed by atoms with Gasteiger partial charge in [0.2, 0.25) is 5.91 Å². The summed E-state index contributed by atoms with van der Waals surface area (Å²) in [6, 6.07) is 7.05. The summed E-state index contributed by atoms with van der Waals surface area (Å²) >= 11 is 0. The summed E-state index contributed by atoms with van der Waals surface area (Å²) in [7, 11) is 0. The summed E-state index contributed by atoms with van der Waals surface area (Å²) < 4.78 is 3.18. The lowest BCUT2D eigenvalue weighted by Gasteiger charge is -2.06. The number of rotatable bonds is 5. The van der Waals surface area contributed by atoms with Crippen LogP contribution in [-0.2, 0) is 11.3 Å². The Morgan fingerprint density at radius 3 is 2.48 bits per heavy atom. The lowest BCUT2D eigenvalue weighted by atomic mass is 10.3. The number of nitrogen functional groups attached to an aromatic ring is 1. The molecule has 3 N–H and O–H groups in total. The van der Waals surface area contributed by atoms with Gasteiger partial charge in [-0.25, -0.2) is 4.79 Å². The summed E-state index contributed by atoms with van der Waals surface area (Å²) in [6.07, 6.45) is 3.69. The van der Waals surface area contributed by atoms with Gasteiger partial charge >= 0.3 is 5.69 Å². The van der Waals surface area contributed by atoms with Crippen LogP contribution in [0.15, 0.2) is 41.5 Å². The van der Waals surface area contributed by atoms with Gasteiger partial charge in [0.05, 0.1) is 0 Å². The molecule has 2 aromatic rings. The van der Waals surface area contributed by atoms with Crippen molar-refractivity contribution in [2.45, 2.75) is 32.9 Å². The quantitative estimate of drug-likeness (QED) is 0.824. The second-order valence-electron chi connectivity index (χ2n) is 5.20. The molecular formula is C15H20N4O2. The molecule has 0 aliphatic carbocycles. The Hall–Kier alpha value is -2.50. The van der Waals surface area contributed by atoms with Gasteiger partial charge in [-0.2, -0.15) is 0 Å². The van der Waals surface area contributed by atoms with Crippen molar-refractivity contribution in [3.05, 3.63) is 47.1 Å². The summed E-state index contributed by atoms with van der Waals surface area (Å²) in [5.74, 6) is -0.135. The molecule has 6 heteroatoms. The fourth-order valence-corrected chi connectivity index (χ4v) is 2.00. The van der Waals surface area contributed by atoms with Crippen LogP contribution < -0.4 is 16.7 Å². The molecule has 1 aromatic carbocycles. The monoisotopic (exact) mass is 288 g/mol. The first-order valence-corrected chi connectivity index (χ1v) is 6.90. The van der Waals surface area contributed by atoms with Gasteiger partial charge in [0.25, 0.3) is 0 Å². The van der Waals surface area contributed by atoms with Crippen LogP contribution in [0, 0.1) is 0 Å². The van der Waals surface area contributed by atoms with E-state index in [1.165, 1.54) is 0 Å². The van der Waals surface area contributed by atoms with Crippen LogP contribution in [0.1, 0.15) is 26.3 Å². The molecule has 2 rings (SSSR count). The van der Waals surface area contributed by atoms with Crippen molar-refractivity contribution in [1.82, 2.24) is 9.13 Å². The molecule has 1 heterocycles. The number of nitrogens with zero attached hydrogens (tertiary/aromatic N) is 2. The number of amides is 1. The fourth-order valence-electron chi connectivity index (χ4n) is 2.00. The van der Waals surface area contributed by atoms with E-state index in [4.69, 9.17) is 5.73 Å². The Kier molecular flexibility index (Phi) is 4.47. The van der Waals surface area contributed by atoms with Crippen molar-refractivity contribution in [2.24, 2.45) is 0 Å². The van der Waals surface area contributed by atoms with Gasteiger partial charge in [0, 0.05) is 42.8 Å². The lowest BCUT2D eigenvalue weighted by molar-refractivity contribution is -0.116. The number of carbonyl (C=O) groups excluding carboxylic acids is 1. The van der Waals surface area contributed by atoms with Crippen molar-refractivity contribution in [2.75, 3.05) is 11.1 Å². The normalized spacial score (nSPS) is 10.8. The van der Waals surface area contributed by atoms with Crippen molar-refractivity contribution < 1.29 is 4.79 Å². The molecule has 0 saturated heterocycles. The molecule has 112 valence electrons. The lowest BCUT2D eigenvalue weighted by Crippen LogP contribution is -2.26. The molecule has 21 heavy (non-hydrogen) atoms. The number of imidazole rings is 1. The molecular weight excluding hydrogens is 268 g/mol. The number of carbonyl (C=O) groups is 1. The maximum absolute atomic E-state index is 12.0. The minimum atomic E-state index is -0.135. The average molecular weight is 288 g/mol. The predicted octanol–water partition coefficient (Wildman–Crippen LogP) is 1.84. The molecule has 0 radical (unpaired) electrons. The third-order valence-corrected chi connectivity index (χ3v) is 3.20. The van der Waals surface area contributed by atoms with Crippen LogP contribution in [0.5, 0.6) is 0 Å². The van der Waals surface area contributed by atoms with Crippen LogP contribution >= 0.6 is 0 Å². The van der Waals surface area contributed by atoms with Crippen molar-refractivity contribution in [3.8, 4) is 0 Å². The molecule has 1 amide bonds. The second-order valence-corrected chi connectivity index (χ2v) is 5.20. The number of anilines is 2. The second kappa shape index (κ2) is 6.30. The molecule has 0 saturated carbocycles. The zero-order valence-electron chi connectivity index (χ0n) is 12.2. The minimum absolute atomic E-state index is 0.0923. The Bertz CT molecular complexity index is 668. The maximum atomic E-state index is 12.0. The zero-order chi connectivity index (χ0) is 15.4. The maximum Gasteiger partial charge on any atom is 0.328 e.